The molecule has 1 aromatic carbocycles. The molecule has 1 fully saturated rings. The van der Waals surface area contributed by atoms with E-state index in [0.717, 1.165) is 75.3 Å². The van der Waals surface area contributed by atoms with E-state index in [2.05, 4.69) is 71.4 Å². The first-order valence-electron chi connectivity index (χ1n) is 9.96. The van der Waals surface area contributed by atoms with Gasteiger partial charge in [0.2, 0.25) is 5.95 Å². The minimum absolute atomic E-state index is 0.725. The van der Waals surface area contributed by atoms with Crippen LogP contribution in [0.5, 0.6) is 0 Å². The Kier molecular flexibility index (Phi) is 7.01. The zero-order chi connectivity index (χ0) is 19.1. The molecule has 0 radical (unpaired) electrons. The number of aromatic nitrogens is 2. The van der Waals surface area contributed by atoms with Crippen LogP contribution < -0.4 is 10.2 Å². The van der Waals surface area contributed by atoms with Crippen molar-refractivity contribution in [2.45, 2.75) is 13.3 Å². The van der Waals surface area contributed by atoms with Gasteiger partial charge in [-0.1, -0.05) is 37.3 Å². The van der Waals surface area contributed by atoms with Gasteiger partial charge in [0, 0.05) is 44.4 Å². The SMILES string of the molecule is CCN1CCN(c2cc(-c3ccccc3)nc(NCCCN(C)C)n2)CC1. The fourth-order valence-electron chi connectivity index (χ4n) is 3.32. The molecule has 0 amide bonds. The molecule has 1 N–H and O–H groups in total. The van der Waals surface area contributed by atoms with E-state index in [4.69, 9.17) is 9.97 Å². The number of anilines is 2. The Morgan fingerprint density at radius 3 is 2.44 bits per heavy atom. The number of piperazine rings is 1. The highest BCUT2D eigenvalue weighted by molar-refractivity contribution is 5.64. The van der Waals surface area contributed by atoms with Crippen LogP contribution in [0.25, 0.3) is 11.3 Å². The normalized spacial score (nSPS) is 15.3. The van der Waals surface area contributed by atoms with E-state index in [1.54, 1.807) is 0 Å². The van der Waals surface area contributed by atoms with E-state index < -0.39 is 0 Å². The van der Waals surface area contributed by atoms with E-state index in [0.29, 0.717) is 0 Å². The first-order chi connectivity index (χ1) is 13.2. The molecule has 1 aliphatic rings. The average molecular weight is 369 g/mol. The lowest BCUT2D eigenvalue weighted by Gasteiger charge is -2.35. The van der Waals surface area contributed by atoms with Crippen molar-refractivity contribution in [1.82, 2.24) is 19.8 Å². The van der Waals surface area contributed by atoms with Crippen molar-refractivity contribution >= 4 is 11.8 Å². The third-order valence-corrected chi connectivity index (χ3v) is 4.99. The highest BCUT2D eigenvalue weighted by Crippen LogP contribution is 2.24. The number of hydrogen-bond acceptors (Lipinski definition) is 6. The summed E-state index contributed by atoms with van der Waals surface area (Å²) < 4.78 is 0. The second kappa shape index (κ2) is 9.67. The van der Waals surface area contributed by atoms with Gasteiger partial charge in [0.15, 0.2) is 0 Å². The van der Waals surface area contributed by atoms with Gasteiger partial charge in [0.25, 0.3) is 0 Å². The van der Waals surface area contributed by atoms with Crippen LogP contribution >= 0.6 is 0 Å². The predicted octanol–water partition coefficient (Wildman–Crippen LogP) is 2.65. The van der Waals surface area contributed by atoms with Crippen molar-refractivity contribution in [3.8, 4) is 11.3 Å². The molecule has 0 atom stereocenters. The number of nitrogens with one attached hydrogen (secondary N) is 1. The summed E-state index contributed by atoms with van der Waals surface area (Å²) in [7, 11) is 4.20. The summed E-state index contributed by atoms with van der Waals surface area (Å²) in [5, 5.41) is 3.42. The molecule has 1 aromatic heterocycles. The van der Waals surface area contributed by atoms with Gasteiger partial charge in [-0.05, 0) is 33.6 Å². The van der Waals surface area contributed by atoms with Crippen molar-refractivity contribution in [2.75, 3.05) is 70.1 Å². The standard InChI is InChI=1S/C21H32N6/c1-4-26-13-15-27(16-14-26)20-17-19(18-9-6-5-7-10-18)23-21(24-20)22-11-8-12-25(2)3/h5-7,9-10,17H,4,8,11-16H2,1-3H3,(H,22,23,24). The molecule has 146 valence electrons. The van der Waals surface area contributed by atoms with Gasteiger partial charge in [-0.15, -0.1) is 0 Å². The molecular weight excluding hydrogens is 336 g/mol. The largest absolute Gasteiger partial charge is 0.354 e. The molecule has 6 heteroatoms. The molecule has 0 unspecified atom stereocenters. The molecule has 0 aliphatic carbocycles. The summed E-state index contributed by atoms with van der Waals surface area (Å²) in [5.41, 5.74) is 2.11. The van der Waals surface area contributed by atoms with Crippen LogP contribution in [0.4, 0.5) is 11.8 Å². The maximum Gasteiger partial charge on any atom is 0.225 e. The van der Waals surface area contributed by atoms with E-state index in [-0.39, 0.29) is 0 Å². The molecule has 1 aliphatic heterocycles. The predicted molar refractivity (Wildman–Crippen MR) is 113 cm³/mol. The lowest BCUT2D eigenvalue weighted by atomic mass is 10.1. The van der Waals surface area contributed by atoms with Crippen LogP contribution in [0, 0.1) is 0 Å². The third kappa shape index (κ3) is 5.65. The number of rotatable bonds is 8. The van der Waals surface area contributed by atoms with Crippen LogP contribution in [0.1, 0.15) is 13.3 Å². The summed E-state index contributed by atoms with van der Waals surface area (Å²) in [6.45, 7) is 9.48. The van der Waals surface area contributed by atoms with E-state index >= 15 is 0 Å². The van der Waals surface area contributed by atoms with Crippen LogP contribution in [0.3, 0.4) is 0 Å². The summed E-state index contributed by atoms with van der Waals surface area (Å²) in [4.78, 5) is 16.7. The lowest BCUT2D eigenvalue weighted by Crippen LogP contribution is -2.46. The first kappa shape index (κ1) is 19.6. The summed E-state index contributed by atoms with van der Waals surface area (Å²) in [6.07, 6.45) is 1.07. The third-order valence-electron chi connectivity index (χ3n) is 4.99. The van der Waals surface area contributed by atoms with Gasteiger partial charge in [-0.25, -0.2) is 4.98 Å². The van der Waals surface area contributed by atoms with E-state index in [1.165, 1.54) is 0 Å². The fraction of sp³-hybridized carbons (Fsp3) is 0.524. The Hall–Kier alpha value is -2.18. The molecule has 0 saturated carbocycles. The van der Waals surface area contributed by atoms with Crippen LogP contribution in [0.15, 0.2) is 36.4 Å². The second-order valence-corrected chi connectivity index (χ2v) is 7.31. The zero-order valence-electron chi connectivity index (χ0n) is 16.9. The van der Waals surface area contributed by atoms with Crippen LogP contribution in [-0.4, -0.2) is 79.7 Å². The topological polar surface area (TPSA) is 47.5 Å². The summed E-state index contributed by atoms with van der Waals surface area (Å²) in [6, 6.07) is 12.5. The van der Waals surface area contributed by atoms with Gasteiger partial charge < -0.3 is 20.0 Å². The van der Waals surface area contributed by atoms with Crippen molar-refractivity contribution in [3.63, 3.8) is 0 Å². The van der Waals surface area contributed by atoms with Gasteiger partial charge in [-0.3, -0.25) is 0 Å². The molecule has 0 spiro atoms. The quantitative estimate of drug-likeness (QED) is 0.723. The van der Waals surface area contributed by atoms with Crippen LogP contribution in [0.2, 0.25) is 0 Å². The smallest absolute Gasteiger partial charge is 0.225 e. The number of nitrogens with zero attached hydrogens (tertiary/aromatic N) is 5. The number of likely N-dealkylation sites (N-methyl/N-ethyl adjacent to an activating group) is 1. The lowest BCUT2D eigenvalue weighted by molar-refractivity contribution is 0.270. The second-order valence-electron chi connectivity index (χ2n) is 7.31. The van der Waals surface area contributed by atoms with Crippen molar-refractivity contribution in [2.24, 2.45) is 0 Å². The van der Waals surface area contributed by atoms with Gasteiger partial charge in [0.1, 0.15) is 5.82 Å². The minimum atomic E-state index is 0.725. The highest BCUT2D eigenvalue weighted by atomic mass is 15.3. The monoisotopic (exact) mass is 368 g/mol. The number of benzene rings is 1. The molecule has 1 saturated heterocycles. The molecule has 2 aromatic rings. The Bertz CT molecular complexity index is 695. The van der Waals surface area contributed by atoms with Gasteiger partial charge in [-0.2, -0.15) is 4.98 Å². The van der Waals surface area contributed by atoms with Gasteiger partial charge >= 0.3 is 0 Å². The molecule has 0 bridgehead atoms. The Balaban J connectivity index is 1.78. The van der Waals surface area contributed by atoms with E-state index in [1.807, 2.05) is 6.07 Å². The number of hydrogen-bond donors (Lipinski definition) is 1. The van der Waals surface area contributed by atoms with E-state index in [9.17, 15) is 0 Å². The van der Waals surface area contributed by atoms with Crippen molar-refractivity contribution in [3.05, 3.63) is 36.4 Å². The Morgan fingerprint density at radius 2 is 1.78 bits per heavy atom. The Morgan fingerprint density at radius 1 is 1.04 bits per heavy atom. The van der Waals surface area contributed by atoms with Crippen molar-refractivity contribution < 1.29 is 0 Å². The summed E-state index contributed by atoms with van der Waals surface area (Å²) >= 11 is 0. The fourth-order valence-corrected chi connectivity index (χ4v) is 3.32. The highest BCUT2D eigenvalue weighted by Gasteiger charge is 2.18. The van der Waals surface area contributed by atoms with Gasteiger partial charge in [0.05, 0.1) is 5.69 Å². The molecule has 6 nitrogen and oxygen atoms in total. The summed E-state index contributed by atoms with van der Waals surface area (Å²) in [5.74, 6) is 1.75. The first-order valence-corrected chi connectivity index (χ1v) is 9.96. The minimum Gasteiger partial charge on any atom is -0.354 e. The van der Waals surface area contributed by atoms with Crippen molar-refractivity contribution in [1.29, 1.82) is 0 Å². The molecular formula is C21H32N6. The van der Waals surface area contributed by atoms with Crippen LogP contribution in [-0.2, 0) is 0 Å². The molecule has 27 heavy (non-hydrogen) atoms. The Labute approximate surface area is 163 Å². The zero-order valence-corrected chi connectivity index (χ0v) is 16.9. The maximum absolute atomic E-state index is 4.82. The molecule has 2 heterocycles. The average Bonchev–Trinajstić information content (AvgIpc) is 2.71. The maximum atomic E-state index is 4.82. The molecule has 3 rings (SSSR count).